The summed E-state index contributed by atoms with van der Waals surface area (Å²) < 4.78 is 0. The van der Waals surface area contributed by atoms with Crippen molar-refractivity contribution in [3.8, 4) is 0 Å². The van der Waals surface area contributed by atoms with Crippen molar-refractivity contribution in [1.29, 1.82) is 0 Å². The van der Waals surface area contributed by atoms with Crippen molar-refractivity contribution >= 4 is 29.2 Å². The van der Waals surface area contributed by atoms with Gasteiger partial charge in [0.2, 0.25) is 0 Å². The molecule has 0 fully saturated rings. The van der Waals surface area contributed by atoms with Crippen LogP contribution in [0.3, 0.4) is 0 Å². The first-order chi connectivity index (χ1) is 7.52. The first kappa shape index (κ1) is 13.5. The van der Waals surface area contributed by atoms with E-state index >= 15 is 0 Å². The molecule has 90 valence electrons. The minimum atomic E-state index is -0.397. The summed E-state index contributed by atoms with van der Waals surface area (Å²) in [6, 6.07) is 1.65. The highest BCUT2D eigenvalue weighted by Crippen LogP contribution is 2.17. The first-order valence-electron chi connectivity index (χ1n) is 5.03. The fraction of sp³-hybridized carbons (Fsp3) is 0.600. The Bertz CT molecular complexity index is 349. The lowest BCUT2D eigenvalue weighted by Gasteiger charge is -2.15. The molecule has 0 aromatic carbocycles. The van der Waals surface area contributed by atoms with E-state index in [0.29, 0.717) is 22.7 Å². The number of nitrogens with one attached hydrogen (secondary N) is 1. The van der Waals surface area contributed by atoms with Gasteiger partial charge in [0, 0.05) is 12.6 Å². The van der Waals surface area contributed by atoms with Crippen LogP contribution < -0.4 is 5.32 Å². The van der Waals surface area contributed by atoms with Crippen LogP contribution in [0.5, 0.6) is 0 Å². The van der Waals surface area contributed by atoms with Crippen molar-refractivity contribution < 1.29 is 5.11 Å². The quantitative estimate of drug-likeness (QED) is 0.484. The molecule has 1 aromatic heterocycles. The molecule has 1 rings (SSSR count). The average molecular weight is 262 g/mol. The Morgan fingerprint density at radius 2 is 2.19 bits per heavy atom. The Hall–Kier alpha value is -0.520. The number of hydrogen-bond acceptors (Lipinski definition) is 5. The number of aliphatic hydroxyl groups excluding tert-OH is 1. The third-order valence-corrected chi connectivity index (χ3v) is 2.86. The summed E-state index contributed by atoms with van der Waals surface area (Å²) in [5.41, 5.74) is 0. The topological polar surface area (TPSA) is 58.0 Å². The van der Waals surface area contributed by atoms with E-state index in [1.807, 2.05) is 20.1 Å². The average Bonchev–Trinajstić information content (AvgIpc) is 2.24. The molecule has 16 heavy (non-hydrogen) atoms. The van der Waals surface area contributed by atoms with Gasteiger partial charge >= 0.3 is 0 Å². The summed E-state index contributed by atoms with van der Waals surface area (Å²) >= 11 is 7.27. The molecule has 0 aliphatic carbocycles. The second kappa shape index (κ2) is 6.27. The highest BCUT2D eigenvalue weighted by Gasteiger charge is 2.09. The lowest BCUT2D eigenvalue weighted by molar-refractivity contribution is 0.138. The second-order valence-corrected chi connectivity index (χ2v) is 4.92. The van der Waals surface area contributed by atoms with Crippen molar-refractivity contribution in [3.05, 3.63) is 11.2 Å². The predicted octanol–water partition coefficient (Wildman–Crippen LogP) is 2.28. The standard InChI is InChI=1S/C10H16ClN3OS/c1-6(2)7(15)5-12-9-4-8(11)13-10(14-9)16-3/h4,6-7,15H,5H2,1-3H3,(H,12,13,14). The zero-order valence-corrected chi connectivity index (χ0v) is 11.1. The summed E-state index contributed by atoms with van der Waals surface area (Å²) in [6.45, 7) is 4.39. The molecule has 0 aliphatic heterocycles. The lowest BCUT2D eigenvalue weighted by Crippen LogP contribution is -2.25. The summed E-state index contributed by atoms with van der Waals surface area (Å²) in [4.78, 5) is 8.26. The summed E-state index contributed by atoms with van der Waals surface area (Å²) in [6.07, 6.45) is 1.49. The SMILES string of the molecule is CSc1nc(Cl)cc(NCC(O)C(C)C)n1. The van der Waals surface area contributed by atoms with Gasteiger partial charge in [0.15, 0.2) is 5.16 Å². The molecule has 0 saturated heterocycles. The molecule has 6 heteroatoms. The summed E-state index contributed by atoms with van der Waals surface area (Å²) in [5.74, 6) is 0.855. The van der Waals surface area contributed by atoms with Gasteiger partial charge in [-0.3, -0.25) is 0 Å². The van der Waals surface area contributed by atoms with Gasteiger partial charge < -0.3 is 10.4 Å². The number of aliphatic hydroxyl groups is 1. The molecule has 0 spiro atoms. The molecule has 2 N–H and O–H groups in total. The van der Waals surface area contributed by atoms with E-state index in [1.54, 1.807) is 6.07 Å². The normalized spacial score (nSPS) is 12.9. The number of hydrogen-bond donors (Lipinski definition) is 2. The molecule has 0 aliphatic rings. The third kappa shape index (κ3) is 4.15. The number of halogens is 1. The van der Waals surface area contributed by atoms with Crippen LogP contribution in [0.2, 0.25) is 5.15 Å². The third-order valence-electron chi connectivity index (χ3n) is 2.12. The first-order valence-corrected chi connectivity index (χ1v) is 6.63. The van der Waals surface area contributed by atoms with Crippen molar-refractivity contribution in [3.63, 3.8) is 0 Å². The van der Waals surface area contributed by atoms with Crippen LogP contribution in [0, 0.1) is 5.92 Å². The van der Waals surface area contributed by atoms with Gasteiger partial charge in [-0.1, -0.05) is 37.2 Å². The summed E-state index contributed by atoms with van der Waals surface area (Å²) in [7, 11) is 0. The van der Waals surface area contributed by atoms with Gasteiger partial charge in [0.25, 0.3) is 0 Å². The van der Waals surface area contributed by atoms with Gasteiger partial charge in [-0.05, 0) is 12.2 Å². The molecule has 0 bridgehead atoms. The Labute approximate surface area is 105 Å². The van der Waals surface area contributed by atoms with Gasteiger partial charge in [0.05, 0.1) is 6.10 Å². The lowest BCUT2D eigenvalue weighted by atomic mass is 10.1. The molecular formula is C10H16ClN3OS. The van der Waals surface area contributed by atoms with Crippen LogP contribution in [0.4, 0.5) is 5.82 Å². The summed E-state index contributed by atoms with van der Waals surface area (Å²) in [5, 5.41) is 13.7. The minimum Gasteiger partial charge on any atom is -0.391 e. The Morgan fingerprint density at radius 1 is 1.50 bits per heavy atom. The maximum Gasteiger partial charge on any atom is 0.190 e. The van der Waals surface area contributed by atoms with Crippen molar-refractivity contribution in [2.24, 2.45) is 5.92 Å². The van der Waals surface area contributed by atoms with Gasteiger partial charge in [-0.25, -0.2) is 9.97 Å². The monoisotopic (exact) mass is 261 g/mol. The Balaban J connectivity index is 2.63. The van der Waals surface area contributed by atoms with Crippen molar-refractivity contribution in [2.45, 2.75) is 25.1 Å². The van der Waals surface area contributed by atoms with Gasteiger partial charge in [0.1, 0.15) is 11.0 Å². The molecular weight excluding hydrogens is 246 g/mol. The van der Waals surface area contributed by atoms with E-state index in [0.717, 1.165) is 0 Å². The van der Waals surface area contributed by atoms with E-state index in [9.17, 15) is 5.11 Å². The predicted molar refractivity (Wildman–Crippen MR) is 68.2 cm³/mol. The smallest absolute Gasteiger partial charge is 0.190 e. The molecule has 1 heterocycles. The fourth-order valence-electron chi connectivity index (χ4n) is 1.02. The van der Waals surface area contributed by atoms with Gasteiger partial charge in [-0.2, -0.15) is 0 Å². The van der Waals surface area contributed by atoms with E-state index in [2.05, 4.69) is 15.3 Å². The fourth-order valence-corrected chi connectivity index (χ4v) is 1.64. The minimum absolute atomic E-state index is 0.213. The Kier molecular flexibility index (Phi) is 5.31. The van der Waals surface area contributed by atoms with Crippen LogP contribution in [0.25, 0.3) is 0 Å². The maximum atomic E-state index is 9.64. The number of anilines is 1. The number of nitrogens with zero attached hydrogens (tertiary/aromatic N) is 2. The number of rotatable bonds is 5. The highest BCUT2D eigenvalue weighted by atomic mass is 35.5. The molecule has 4 nitrogen and oxygen atoms in total. The molecule has 0 radical (unpaired) electrons. The largest absolute Gasteiger partial charge is 0.391 e. The molecule has 0 amide bonds. The zero-order valence-electron chi connectivity index (χ0n) is 9.57. The second-order valence-electron chi connectivity index (χ2n) is 3.75. The zero-order chi connectivity index (χ0) is 12.1. The number of aromatic nitrogens is 2. The molecule has 1 atom stereocenters. The van der Waals surface area contributed by atoms with E-state index in [-0.39, 0.29) is 5.92 Å². The maximum absolute atomic E-state index is 9.64. The van der Waals surface area contributed by atoms with Crippen LogP contribution in [-0.4, -0.2) is 34.0 Å². The van der Waals surface area contributed by atoms with Crippen molar-refractivity contribution in [2.75, 3.05) is 18.1 Å². The Morgan fingerprint density at radius 3 is 2.75 bits per heavy atom. The van der Waals surface area contributed by atoms with Crippen LogP contribution >= 0.6 is 23.4 Å². The van der Waals surface area contributed by atoms with Crippen LogP contribution in [0.15, 0.2) is 11.2 Å². The van der Waals surface area contributed by atoms with E-state index in [4.69, 9.17) is 11.6 Å². The van der Waals surface area contributed by atoms with E-state index < -0.39 is 6.10 Å². The van der Waals surface area contributed by atoms with Crippen LogP contribution in [0.1, 0.15) is 13.8 Å². The highest BCUT2D eigenvalue weighted by molar-refractivity contribution is 7.98. The van der Waals surface area contributed by atoms with Gasteiger partial charge in [-0.15, -0.1) is 0 Å². The van der Waals surface area contributed by atoms with E-state index in [1.165, 1.54) is 11.8 Å². The van der Waals surface area contributed by atoms with Crippen LogP contribution in [-0.2, 0) is 0 Å². The molecule has 1 aromatic rings. The number of thioether (sulfide) groups is 1. The van der Waals surface area contributed by atoms with Crippen molar-refractivity contribution in [1.82, 2.24) is 9.97 Å². The molecule has 0 saturated carbocycles. The molecule has 1 unspecified atom stereocenters.